The SMILES string of the molecule is CCCCCOc1ccc(Cl)cc1CCCN1CCN(C)CC1. The molecule has 0 spiro atoms. The lowest BCUT2D eigenvalue weighted by atomic mass is 10.1. The topological polar surface area (TPSA) is 15.7 Å². The third-order valence-corrected chi connectivity index (χ3v) is 4.78. The number of hydrogen-bond donors (Lipinski definition) is 0. The molecule has 130 valence electrons. The van der Waals surface area contributed by atoms with Crippen LogP contribution in [0.5, 0.6) is 5.75 Å². The Morgan fingerprint density at radius 2 is 1.87 bits per heavy atom. The average Bonchev–Trinajstić information content (AvgIpc) is 2.55. The highest BCUT2D eigenvalue weighted by atomic mass is 35.5. The van der Waals surface area contributed by atoms with Gasteiger partial charge in [0.05, 0.1) is 6.61 Å². The lowest BCUT2D eigenvalue weighted by molar-refractivity contribution is 0.153. The molecule has 0 amide bonds. The van der Waals surface area contributed by atoms with E-state index in [1.807, 2.05) is 12.1 Å². The van der Waals surface area contributed by atoms with Crippen LogP contribution < -0.4 is 4.74 Å². The molecule has 4 heteroatoms. The molecule has 0 saturated carbocycles. The fraction of sp³-hybridized carbons (Fsp3) is 0.684. The van der Waals surface area contributed by atoms with Crippen LogP contribution in [-0.2, 0) is 6.42 Å². The van der Waals surface area contributed by atoms with Crippen molar-refractivity contribution in [2.45, 2.75) is 39.0 Å². The molecule has 0 unspecified atom stereocenters. The number of benzene rings is 1. The van der Waals surface area contributed by atoms with Crippen molar-refractivity contribution >= 4 is 11.6 Å². The van der Waals surface area contributed by atoms with Gasteiger partial charge in [-0.1, -0.05) is 31.4 Å². The van der Waals surface area contributed by atoms with E-state index in [4.69, 9.17) is 16.3 Å². The summed E-state index contributed by atoms with van der Waals surface area (Å²) in [6, 6.07) is 6.03. The van der Waals surface area contributed by atoms with Gasteiger partial charge in [0.25, 0.3) is 0 Å². The first kappa shape index (κ1) is 18.6. The van der Waals surface area contributed by atoms with E-state index in [2.05, 4.69) is 29.8 Å². The number of unbranched alkanes of at least 4 members (excludes halogenated alkanes) is 2. The molecule has 23 heavy (non-hydrogen) atoms. The average molecular weight is 339 g/mol. The minimum Gasteiger partial charge on any atom is -0.493 e. The second kappa shape index (κ2) is 10.2. The molecule has 2 rings (SSSR count). The fourth-order valence-corrected chi connectivity index (χ4v) is 3.18. The maximum Gasteiger partial charge on any atom is 0.122 e. The zero-order chi connectivity index (χ0) is 16.5. The summed E-state index contributed by atoms with van der Waals surface area (Å²) >= 11 is 6.17. The van der Waals surface area contributed by atoms with Crippen LogP contribution in [0, 0.1) is 0 Å². The van der Waals surface area contributed by atoms with Crippen molar-refractivity contribution in [2.24, 2.45) is 0 Å². The van der Waals surface area contributed by atoms with Crippen molar-refractivity contribution in [3.05, 3.63) is 28.8 Å². The maximum atomic E-state index is 6.17. The molecule has 0 atom stereocenters. The first-order valence-corrected chi connectivity index (χ1v) is 9.39. The van der Waals surface area contributed by atoms with Crippen molar-refractivity contribution in [3.8, 4) is 5.75 Å². The second-order valence-corrected chi connectivity index (χ2v) is 6.99. The van der Waals surface area contributed by atoms with E-state index in [1.165, 1.54) is 44.6 Å². The minimum atomic E-state index is 0.806. The van der Waals surface area contributed by atoms with Crippen LogP contribution in [0.2, 0.25) is 5.02 Å². The molecule has 0 aromatic heterocycles. The number of likely N-dealkylation sites (N-methyl/N-ethyl adjacent to an activating group) is 1. The summed E-state index contributed by atoms with van der Waals surface area (Å²) in [5.74, 6) is 1.02. The highest BCUT2D eigenvalue weighted by molar-refractivity contribution is 6.30. The third-order valence-electron chi connectivity index (χ3n) is 4.54. The monoisotopic (exact) mass is 338 g/mol. The van der Waals surface area contributed by atoms with E-state index >= 15 is 0 Å². The van der Waals surface area contributed by atoms with E-state index in [9.17, 15) is 0 Å². The number of nitrogens with zero attached hydrogens (tertiary/aromatic N) is 2. The van der Waals surface area contributed by atoms with Gasteiger partial charge in [-0.05, 0) is 56.6 Å². The molecule has 1 aromatic rings. The highest BCUT2D eigenvalue weighted by Gasteiger charge is 2.13. The van der Waals surface area contributed by atoms with Gasteiger partial charge in [0.15, 0.2) is 0 Å². The Balaban J connectivity index is 1.79. The predicted molar refractivity (Wildman–Crippen MR) is 98.7 cm³/mol. The quantitative estimate of drug-likeness (QED) is 0.631. The lowest BCUT2D eigenvalue weighted by Crippen LogP contribution is -2.44. The highest BCUT2D eigenvalue weighted by Crippen LogP contribution is 2.24. The Morgan fingerprint density at radius 3 is 2.61 bits per heavy atom. The van der Waals surface area contributed by atoms with E-state index < -0.39 is 0 Å². The van der Waals surface area contributed by atoms with Crippen LogP contribution >= 0.6 is 11.6 Å². The van der Waals surface area contributed by atoms with Gasteiger partial charge in [0.1, 0.15) is 5.75 Å². The lowest BCUT2D eigenvalue weighted by Gasteiger charge is -2.32. The summed E-state index contributed by atoms with van der Waals surface area (Å²) in [7, 11) is 2.20. The molecule has 3 nitrogen and oxygen atoms in total. The summed E-state index contributed by atoms with van der Waals surface area (Å²) in [6.45, 7) is 8.92. The number of rotatable bonds is 9. The Morgan fingerprint density at radius 1 is 1.09 bits per heavy atom. The first-order valence-electron chi connectivity index (χ1n) is 9.01. The molecule has 0 bridgehead atoms. The normalized spacial score (nSPS) is 16.7. The van der Waals surface area contributed by atoms with Crippen molar-refractivity contribution in [1.82, 2.24) is 9.80 Å². The number of aryl methyl sites for hydroxylation is 1. The molecule has 0 radical (unpaired) electrons. The molecule has 1 saturated heterocycles. The molecule has 0 N–H and O–H groups in total. The van der Waals surface area contributed by atoms with E-state index in [1.54, 1.807) is 0 Å². The van der Waals surface area contributed by atoms with Crippen molar-refractivity contribution in [1.29, 1.82) is 0 Å². The fourth-order valence-electron chi connectivity index (χ4n) is 2.98. The number of piperazine rings is 1. The van der Waals surface area contributed by atoms with Crippen molar-refractivity contribution in [3.63, 3.8) is 0 Å². The third kappa shape index (κ3) is 6.70. The van der Waals surface area contributed by atoms with Gasteiger partial charge in [-0.2, -0.15) is 0 Å². The van der Waals surface area contributed by atoms with Crippen LogP contribution in [0.1, 0.15) is 38.2 Å². The van der Waals surface area contributed by atoms with Crippen LogP contribution in [-0.4, -0.2) is 56.2 Å². The summed E-state index contributed by atoms with van der Waals surface area (Å²) in [6.07, 6.45) is 5.78. The van der Waals surface area contributed by atoms with Crippen molar-refractivity contribution < 1.29 is 4.74 Å². The Labute approximate surface area is 146 Å². The Kier molecular flexibility index (Phi) is 8.21. The van der Waals surface area contributed by atoms with Gasteiger partial charge >= 0.3 is 0 Å². The summed E-state index contributed by atoms with van der Waals surface area (Å²) in [5.41, 5.74) is 1.25. The maximum absolute atomic E-state index is 6.17. The predicted octanol–water partition coefficient (Wildman–Crippen LogP) is 4.09. The van der Waals surface area contributed by atoms with Crippen molar-refractivity contribution in [2.75, 3.05) is 46.4 Å². The Hall–Kier alpha value is -0.770. The molecule has 1 aliphatic heterocycles. The molecule has 1 heterocycles. The van der Waals surface area contributed by atoms with Crippen LogP contribution in [0.25, 0.3) is 0 Å². The second-order valence-electron chi connectivity index (χ2n) is 6.56. The summed E-state index contributed by atoms with van der Waals surface area (Å²) in [5, 5.41) is 0.806. The number of ether oxygens (including phenoxy) is 1. The van der Waals surface area contributed by atoms with Gasteiger partial charge < -0.3 is 14.5 Å². The molecule has 1 fully saturated rings. The Bertz CT molecular complexity index is 459. The molecular formula is C19H31ClN2O. The van der Waals surface area contributed by atoms with Gasteiger partial charge in [-0.3, -0.25) is 0 Å². The number of hydrogen-bond acceptors (Lipinski definition) is 3. The molecule has 1 aromatic carbocycles. The van der Waals surface area contributed by atoms with Gasteiger partial charge in [0.2, 0.25) is 0 Å². The van der Waals surface area contributed by atoms with E-state index in [0.29, 0.717) is 0 Å². The van der Waals surface area contributed by atoms with Gasteiger partial charge in [0, 0.05) is 31.2 Å². The first-order chi connectivity index (χ1) is 11.2. The zero-order valence-corrected chi connectivity index (χ0v) is 15.4. The van der Waals surface area contributed by atoms with E-state index in [-0.39, 0.29) is 0 Å². The minimum absolute atomic E-state index is 0.806. The zero-order valence-electron chi connectivity index (χ0n) is 14.7. The van der Waals surface area contributed by atoms with Crippen LogP contribution in [0.3, 0.4) is 0 Å². The molecule has 1 aliphatic rings. The molecule has 0 aliphatic carbocycles. The van der Waals surface area contributed by atoms with E-state index in [0.717, 1.165) is 43.2 Å². The smallest absolute Gasteiger partial charge is 0.122 e. The largest absolute Gasteiger partial charge is 0.493 e. The van der Waals surface area contributed by atoms with Crippen LogP contribution in [0.4, 0.5) is 0 Å². The van der Waals surface area contributed by atoms with Crippen LogP contribution in [0.15, 0.2) is 18.2 Å². The summed E-state index contributed by atoms with van der Waals surface area (Å²) in [4.78, 5) is 4.96. The summed E-state index contributed by atoms with van der Waals surface area (Å²) < 4.78 is 5.97. The number of halogens is 1. The van der Waals surface area contributed by atoms with Gasteiger partial charge in [-0.15, -0.1) is 0 Å². The standard InChI is InChI=1S/C19H31ClN2O/c1-3-4-5-15-23-19-9-8-18(20)16-17(19)7-6-10-22-13-11-21(2)12-14-22/h8-9,16H,3-7,10-15H2,1-2H3. The molecular weight excluding hydrogens is 308 g/mol. The van der Waals surface area contributed by atoms with Gasteiger partial charge in [-0.25, -0.2) is 0 Å².